The third-order valence-electron chi connectivity index (χ3n) is 3.05. The van der Waals surface area contributed by atoms with E-state index in [1.807, 2.05) is 11.3 Å². The largest absolute Gasteiger partial charge is 0.376 e. The molecule has 2 rings (SSSR count). The molecule has 1 aliphatic rings. The Kier molecular flexibility index (Phi) is 4.82. The second kappa shape index (κ2) is 6.38. The molecule has 1 fully saturated rings. The minimum absolute atomic E-state index is 0.374. The van der Waals surface area contributed by atoms with Crippen LogP contribution in [0.5, 0.6) is 0 Å². The van der Waals surface area contributed by atoms with Gasteiger partial charge in [-0.2, -0.15) is 0 Å². The zero-order chi connectivity index (χ0) is 11.2. The number of hydrogen-bond acceptors (Lipinski definition) is 3. The van der Waals surface area contributed by atoms with E-state index in [0.717, 1.165) is 13.2 Å². The van der Waals surface area contributed by atoms with Gasteiger partial charge in [-0.25, -0.2) is 0 Å². The van der Waals surface area contributed by atoms with Gasteiger partial charge in [0.05, 0.1) is 12.1 Å². The van der Waals surface area contributed by atoms with Crippen molar-refractivity contribution in [3.8, 4) is 0 Å². The number of ether oxygens (including phenoxy) is 1. The Morgan fingerprint density at radius 3 is 3.12 bits per heavy atom. The first-order valence-electron chi connectivity index (χ1n) is 6.30. The van der Waals surface area contributed by atoms with Gasteiger partial charge in [0.1, 0.15) is 0 Å². The van der Waals surface area contributed by atoms with E-state index in [0.29, 0.717) is 12.1 Å². The van der Waals surface area contributed by atoms with Gasteiger partial charge in [0.15, 0.2) is 0 Å². The molecule has 2 atom stereocenters. The van der Waals surface area contributed by atoms with Crippen molar-refractivity contribution in [2.45, 2.75) is 44.8 Å². The summed E-state index contributed by atoms with van der Waals surface area (Å²) in [7, 11) is 0. The fourth-order valence-corrected chi connectivity index (χ4v) is 3.06. The fraction of sp³-hybridized carbons (Fsp3) is 0.692. The summed E-state index contributed by atoms with van der Waals surface area (Å²) in [5, 5.41) is 5.78. The Morgan fingerprint density at radius 2 is 2.50 bits per heavy atom. The Morgan fingerprint density at radius 1 is 1.56 bits per heavy atom. The molecule has 2 unspecified atom stereocenters. The second-order valence-corrected chi connectivity index (χ2v) is 5.33. The molecule has 0 bridgehead atoms. The van der Waals surface area contributed by atoms with Crippen molar-refractivity contribution < 1.29 is 4.74 Å². The third kappa shape index (κ3) is 3.06. The highest BCUT2D eigenvalue weighted by molar-refractivity contribution is 7.10. The SMILES string of the molecule is CCCNC(c1cccs1)C1CCCCO1. The Hall–Kier alpha value is -0.380. The molecule has 1 aliphatic heterocycles. The first-order chi connectivity index (χ1) is 7.92. The van der Waals surface area contributed by atoms with E-state index in [1.54, 1.807) is 0 Å². The summed E-state index contributed by atoms with van der Waals surface area (Å²) in [6.45, 7) is 4.21. The lowest BCUT2D eigenvalue weighted by atomic mass is 10.0. The lowest BCUT2D eigenvalue weighted by Crippen LogP contribution is -2.35. The van der Waals surface area contributed by atoms with Crippen LogP contribution in [0.4, 0.5) is 0 Å². The summed E-state index contributed by atoms with van der Waals surface area (Å²) in [5.74, 6) is 0. The van der Waals surface area contributed by atoms with Gasteiger partial charge in [0.25, 0.3) is 0 Å². The molecule has 1 saturated heterocycles. The van der Waals surface area contributed by atoms with E-state index in [4.69, 9.17) is 4.74 Å². The van der Waals surface area contributed by atoms with E-state index in [9.17, 15) is 0 Å². The average Bonchev–Trinajstić information content (AvgIpc) is 2.85. The van der Waals surface area contributed by atoms with Crippen LogP contribution in [-0.2, 0) is 4.74 Å². The van der Waals surface area contributed by atoms with E-state index in [-0.39, 0.29) is 0 Å². The predicted molar refractivity (Wildman–Crippen MR) is 68.9 cm³/mol. The highest BCUT2D eigenvalue weighted by atomic mass is 32.1. The molecule has 0 amide bonds. The minimum Gasteiger partial charge on any atom is -0.376 e. The molecule has 0 radical (unpaired) electrons. The van der Waals surface area contributed by atoms with Gasteiger partial charge in [-0.1, -0.05) is 13.0 Å². The van der Waals surface area contributed by atoms with Crippen LogP contribution in [-0.4, -0.2) is 19.3 Å². The van der Waals surface area contributed by atoms with Crippen LogP contribution in [0.1, 0.15) is 43.5 Å². The molecular weight excluding hydrogens is 218 g/mol. The van der Waals surface area contributed by atoms with Gasteiger partial charge in [0, 0.05) is 11.5 Å². The van der Waals surface area contributed by atoms with Crippen LogP contribution in [0.2, 0.25) is 0 Å². The number of nitrogens with one attached hydrogen (secondary N) is 1. The van der Waals surface area contributed by atoms with Gasteiger partial charge in [-0.3, -0.25) is 0 Å². The van der Waals surface area contributed by atoms with E-state index in [2.05, 4.69) is 29.8 Å². The molecule has 16 heavy (non-hydrogen) atoms. The summed E-state index contributed by atoms with van der Waals surface area (Å²) in [4.78, 5) is 1.42. The van der Waals surface area contributed by atoms with Crippen LogP contribution < -0.4 is 5.32 Å². The summed E-state index contributed by atoms with van der Waals surface area (Å²) in [6, 6.07) is 4.75. The molecule has 1 aromatic rings. The molecule has 1 aromatic heterocycles. The van der Waals surface area contributed by atoms with Crippen LogP contribution in [0.3, 0.4) is 0 Å². The van der Waals surface area contributed by atoms with E-state index < -0.39 is 0 Å². The van der Waals surface area contributed by atoms with Gasteiger partial charge < -0.3 is 10.1 Å². The van der Waals surface area contributed by atoms with Crippen LogP contribution in [0.25, 0.3) is 0 Å². The highest BCUT2D eigenvalue weighted by Gasteiger charge is 2.25. The van der Waals surface area contributed by atoms with Crippen molar-refractivity contribution >= 4 is 11.3 Å². The van der Waals surface area contributed by atoms with Crippen molar-refractivity contribution in [1.82, 2.24) is 5.32 Å². The first-order valence-corrected chi connectivity index (χ1v) is 7.18. The quantitative estimate of drug-likeness (QED) is 0.850. The summed E-state index contributed by atoms with van der Waals surface area (Å²) >= 11 is 1.83. The predicted octanol–water partition coefficient (Wildman–Crippen LogP) is 3.36. The minimum atomic E-state index is 0.374. The molecule has 2 nitrogen and oxygen atoms in total. The molecule has 0 aromatic carbocycles. The molecular formula is C13H21NOS. The molecule has 0 aliphatic carbocycles. The van der Waals surface area contributed by atoms with Crippen LogP contribution in [0.15, 0.2) is 17.5 Å². The molecule has 3 heteroatoms. The summed E-state index contributed by atoms with van der Waals surface area (Å²) in [5.41, 5.74) is 0. The van der Waals surface area contributed by atoms with Gasteiger partial charge in [-0.15, -0.1) is 11.3 Å². The van der Waals surface area contributed by atoms with Gasteiger partial charge in [-0.05, 0) is 43.7 Å². The Bertz CT molecular complexity index is 280. The van der Waals surface area contributed by atoms with Crippen molar-refractivity contribution in [3.63, 3.8) is 0 Å². The number of hydrogen-bond donors (Lipinski definition) is 1. The van der Waals surface area contributed by atoms with Crippen molar-refractivity contribution in [2.24, 2.45) is 0 Å². The average molecular weight is 239 g/mol. The topological polar surface area (TPSA) is 21.3 Å². The standard InChI is InChI=1S/C13H21NOS/c1-2-8-14-13(12-7-5-10-16-12)11-6-3-4-9-15-11/h5,7,10-11,13-14H,2-4,6,8-9H2,1H3. The molecule has 90 valence electrons. The van der Waals surface area contributed by atoms with Crippen LogP contribution >= 0.6 is 11.3 Å². The maximum absolute atomic E-state index is 5.91. The lowest BCUT2D eigenvalue weighted by Gasteiger charge is -2.30. The van der Waals surface area contributed by atoms with Crippen molar-refractivity contribution in [3.05, 3.63) is 22.4 Å². The maximum atomic E-state index is 5.91. The van der Waals surface area contributed by atoms with Crippen molar-refractivity contribution in [1.29, 1.82) is 0 Å². The van der Waals surface area contributed by atoms with E-state index >= 15 is 0 Å². The van der Waals surface area contributed by atoms with Crippen molar-refractivity contribution in [2.75, 3.05) is 13.2 Å². The molecule has 2 heterocycles. The Labute approximate surface area is 102 Å². The summed E-state index contributed by atoms with van der Waals surface area (Å²) < 4.78 is 5.91. The Balaban J connectivity index is 2.01. The fourth-order valence-electron chi connectivity index (χ4n) is 2.21. The highest BCUT2D eigenvalue weighted by Crippen LogP contribution is 2.29. The monoisotopic (exact) mass is 239 g/mol. The van der Waals surface area contributed by atoms with E-state index in [1.165, 1.54) is 30.6 Å². The third-order valence-corrected chi connectivity index (χ3v) is 4.01. The summed E-state index contributed by atoms with van der Waals surface area (Å²) in [6.07, 6.45) is 5.27. The zero-order valence-electron chi connectivity index (χ0n) is 9.95. The molecule has 0 spiro atoms. The molecule has 0 saturated carbocycles. The second-order valence-electron chi connectivity index (χ2n) is 4.35. The lowest BCUT2D eigenvalue weighted by molar-refractivity contribution is -0.00740. The van der Waals surface area contributed by atoms with Crippen LogP contribution in [0, 0.1) is 0 Å². The first kappa shape index (κ1) is 12.1. The smallest absolute Gasteiger partial charge is 0.0777 e. The zero-order valence-corrected chi connectivity index (χ0v) is 10.8. The normalized spacial score (nSPS) is 23.2. The maximum Gasteiger partial charge on any atom is 0.0777 e. The number of rotatable bonds is 5. The van der Waals surface area contributed by atoms with Gasteiger partial charge >= 0.3 is 0 Å². The number of thiophene rings is 1. The van der Waals surface area contributed by atoms with Gasteiger partial charge in [0.2, 0.25) is 0 Å². The molecule has 1 N–H and O–H groups in total.